The fraction of sp³-hybridized carbons (Fsp3) is 0.750. The highest BCUT2D eigenvalue weighted by Gasteiger charge is 2.13. The number of carbonyl (C=O) groups is 1. The molecule has 3 heteroatoms. The molecular weight excluding hydrogens is 256 g/mol. The molecule has 86 valence electrons. The SMILES string of the molecule is COC(=O)C1=CC(Br)CCCCCCC1. The minimum absolute atomic E-state index is 0.167. The first-order valence-corrected chi connectivity index (χ1v) is 6.58. The molecule has 1 atom stereocenters. The lowest BCUT2D eigenvalue weighted by atomic mass is 10.0. The topological polar surface area (TPSA) is 26.3 Å². The highest BCUT2D eigenvalue weighted by atomic mass is 79.9. The number of esters is 1. The first-order valence-electron chi connectivity index (χ1n) is 5.67. The lowest BCUT2D eigenvalue weighted by Crippen LogP contribution is -2.08. The van der Waals surface area contributed by atoms with Gasteiger partial charge in [-0.15, -0.1) is 0 Å². The van der Waals surface area contributed by atoms with E-state index in [1.165, 1.54) is 32.8 Å². The lowest BCUT2D eigenvalue weighted by Gasteiger charge is -2.11. The molecule has 15 heavy (non-hydrogen) atoms. The van der Waals surface area contributed by atoms with Crippen molar-refractivity contribution in [3.63, 3.8) is 0 Å². The maximum Gasteiger partial charge on any atom is 0.333 e. The van der Waals surface area contributed by atoms with E-state index in [2.05, 4.69) is 15.9 Å². The summed E-state index contributed by atoms with van der Waals surface area (Å²) in [5.41, 5.74) is 0.835. The third-order valence-electron chi connectivity index (χ3n) is 2.76. The van der Waals surface area contributed by atoms with Crippen molar-refractivity contribution in [1.82, 2.24) is 0 Å². The third kappa shape index (κ3) is 4.83. The van der Waals surface area contributed by atoms with Gasteiger partial charge in [-0.3, -0.25) is 0 Å². The fourth-order valence-corrected chi connectivity index (χ4v) is 2.51. The van der Waals surface area contributed by atoms with Crippen LogP contribution in [-0.4, -0.2) is 17.9 Å². The van der Waals surface area contributed by atoms with Crippen molar-refractivity contribution in [2.45, 2.75) is 49.8 Å². The van der Waals surface area contributed by atoms with Gasteiger partial charge in [-0.1, -0.05) is 47.7 Å². The van der Waals surface area contributed by atoms with Crippen molar-refractivity contribution in [3.8, 4) is 0 Å². The molecule has 1 aliphatic carbocycles. The van der Waals surface area contributed by atoms with E-state index in [0.29, 0.717) is 4.83 Å². The van der Waals surface area contributed by atoms with E-state index < -0.39 is 0 Å². The van der Waals surface area contributed by atoms with Crippen LogP contribution in [0.2, 0.25) is 0 Å². The molecule has 0 aromatic rings. The lowest BCUT2D eigenvalue weighted by molar-refractivity contribution is -0.136. The quantitative estimate of drug-likeness (QED) is 0.540. The largest absolute Gasteiger partial charge is 0.466 e. The minimum Gasteiger partial charge on any atom is -0.466 e. The van der Waals surface area contributed by atoms with Crippen LogP contribution in [0.4, 0.5) is 0 Å². The van der Waals surface area contributed by atoms with Crippen LogP contribution in [0.5, 0.6) is 0 Å². The first kappa shape index (κ1) is 12.8. The van der Waals surface area contributed by atoms with Crippen molar-refractivity contribution in [2.75, 3.05) is 7.11 Å². The monoisotopic (exact) mass is 274 g/mol. The van der Waals surface area contributed by atoms with E-state index in [1.807, 2.05) is 6.08 Å². The zero-order chi connectivity index (χ0) is 11.1. The number of methoxy groups -OCH3 is 1. The van der Waals surface area contributed by atoms with Crippen molar-refractivity contribution in [2.24, 2.45) is 0 Å². The summed E-state index contributed by atoms with van der Waals surface area (Å²) in [5.74, 6) is -0.167. The molecule has 0 saturated carbocycles. The van der Waals surface area contributed by atoms with Crippen LogP contribution in [0.3, 0.4) is 0 Å². The van der Waals surface area contributed by atoms with Gasteiger partial charge in [-0.25, -0.2) is 4.79 Å². The van der Waals surface area contributed by atoms with Crippen LogP contribution in [0, 0.1) is 0 Å². The Kier molecular flexibility index (Phi) is 5.99. The Balaban J connectivity index is 2.64. The van der Waals surface area contributed by atoms with Gasteiger partial charge < -0.3 is 4.74 Å². The summed E-state index contributed by atoms with van der Waals surface area (Å²) in [4.78, 5) is 11.8. The summed E-state index contributed by atoms with van der Waals surface area (Å²) in [6.07, 6.45) is 10.1. The predicted octanol–water partition coefficient (Wildman–Crippen LogP) is 3.59. The first-order chi connectivity index (χ1) is 7.24. The number of hydrogen-bond donors (Lipinski definition) is 0. The minimum atomic E-state index is -0.167. The van der Waals surface area contributed by atoms with E-state index >= 15 is 0 Å². The van der Waals surface area contributed by atoms with E-state index in [0.717, 1.165) is 24.8 Å². The van der Waals surface area contributed by atoms with Gasteiger partial charge in [0.2, 0.25) is 0 Å². The second-order valence-corrected chi connectivity index (χ2v) is 5.18. The number of hydrogen-bond acceptors (Lipinski definition) is 2. The van der Waals surface area contributed by atoms with Gasteiger partial charge in [0.15, 0.2) is 0 Å². The molecule has 1 aliphatic rings. The number of ether oxygens (including phenoxy) is 1. The molecule has 0 aromatic carbocycles. The molecule has 0 saturated heterocycles. The summed E-state index contributed by atoms with van der Waals surface area (Å²) in [6.45, 7) is 0. The predicted molar refractivity (Wildman–Crippen MR) is 65.1 cm³/mol. The van der Waals surface area contributed by atoms with Crippen molar-refractivity contribution in [1.29, 1.82) is 0 Å². The number of halogens is 1. The molecule has 0 aliphatic heterocycles. The van der Waals surface area contributed by atoms with Crippen LogP contribution >= 0.6 is 15.9 Å². The normalized spacial score (nSPS) is 24.1. The Labute approximate surface area is 100 Å². The zero-order valence-corrected chi connectivity index (χ0v) is 10.9. The number of alkyl halides is 1. The number of rotatable bonds is 1. The number of allylic oxidation sites excluding steroid dienone is 1. The van der Waals surface area contributed by atoms with Gasteiger partial charge >= 0.3 is 5.97 Å². The van der Waals surface area contributed by atoms with Crippen LogP contribution in [-0.2, 0) is 9.53 Å². The fourth-order valence-electron chi connectivity index (χ4n) is 1.87. The molecule has 1 unspecified atom stereocenters. The molecule has 2 nitrogen and oxygen atoms in total. The molecule has 0 amide bonds. The summed E-state index contributed by atoms with van der Waals surface area (Å²) in [5, 5.41) is 0. The Morgan fingerprint density at radius 3 is 2.73 bits per heavy atom. The van der Waals surface area contributed by atoms with E-state index in [9.17, 15) is 4.79 Å². The Hall–Kier alpha value is -0.310. The van der Waals surface area contributed by atoms with Crippen molar-refractivity contribution >= 4 is 21.9 Å². The maximum atomic E-state index is 11.5. The number of carbonyl (C=O) groups excluding carboxylic acids is 1. The molecule has 0 N–H and O–H groups in total. The summed E-state index contributed by atoms with van der Waals surface area (Å²) in [7, 11) is 1.45. The van der Waals surface area contributed by atoms with E-state index in [4.69, 9.17) is 4.74 Å². The van der Waals surface area contributed by atoms with Gasteiger partial charge in [-0.2, -0.15) is 0 Å². The maximum absolute atomic E-state index is 11.5. The van der Waals surface area contributed by atoms with Gasteiger partial charge in [0.05, 0.1) is 7.11 Å². The highest BCUT2D eigenvalue weighted by molar-refractivity contribution is 9.09. The van der Waals surface area contributed by atoms with Gasteiger partial charge in [0.1, 0.15) is 0 Å². The molecule has 0 radical (unpaired) electrons. The van der Waals surface area contributed by atoms with Crippen LogP contribution < -0.4 is 0 Å². The van der Waals surface area contributed by atoms with Crippen LogP contribution in [0.25, 0.3) is 0 Å². The smallest absolute Gasteiger partial charge is 0.333 e. The molecule has 1 rings (SSSR count). The average Bonchev–Trinajstić information content (AvgIpc) is 2.25. The molecule has 0 bridgehead atoms. The molecular formula is C12H19BrO2. The summed E-state index contributed by atoms with van der Waals surface area (Å²) >= 11 is 3.59. The van der Waals surface area contributed by atoms with Crippen molar-refractivity contribution in [3.05, 3.63) is 11.6 Å². The molecule has 0 aromatic heterocycles. The highest BCUT2D eigenvalue weighted by Crippen LogP contribution is 2.21. The van der Waals surface area contributed by atoms with E-state index in [1.54, 1.807) is 0 Å². The van der Waals surface area contributed by atoms with Gasteiger partial charge in [0.25, 0.3) is 0 Å². The summed E-state index contributed by atoms with van der Waals surface area (Å²) in [6, 6.07) is 0. The van der Waals surface area contributed by atoms with Gasteiger partial charge in [-0.05, 0) is 19.3 Å². The Morgan fingerprint density at radius 2 is 2.00 bits per heavy atom. The second-order valence-electron chi connectivity index (χ2n) is 4.01. The second kappa shape index (κ2) is 7.04. The zero-order valence-electron chi connectivity index (χ0n) is 9.30. The Bertz CT molecular complexity index is 236. The molecule has 0 fully saturated rings. The molecule has 0 spiro atoms. The van der Waals surface area contributed by atoms with Gasteiger partial charge in [0, 0.05) is 10.4 Å². The van der Waals surface area contributed by atoms with Crippen LogP contribution in [0.1, 0.15) is 44.9 Å². The van der Waals surface area contributed by atoms with Crippen molar-refractivity contribution < 1.29 is 9.53 Å². The summed E-state index contributed by atoms with van der Waals surface area (Å²) < 4.78 is 4.78. The van der Waals surface area contributed by atoms with Crippen LogP contribution in [0.15, 0.2) is 11.6 Å². The van der Waals surface area contributed by atoms with E-state index in [-0.39, 0.29) is 5.97 Å². The standard InChI is InChI=1S/C12H19BrO2/c1-15-12(14)10-7-5-3-2-4-6-8-11(13)9-10/h9,11H,2-8H2,1H3. The Morgan fingerprint density at radius 1 is 1.33 bits per heavy atom. The third-order valence-corrected chi connectivity index (χ3v) is 3.48. The molecule has 0 heterocycles. The average molecular weight is 275 g/mol.